The Kier molecular flexibility index (Phi) is 4.55. The summed E-state index contributed by atoms with van der Waals surface area (Å²) in [6, 6.07) is 9.07. The van der Waals surface area contributed by atoms with E-state index in [0.29, 0.717) is 11.1 Å². The third-order valence-electron chi connectivity index (χ3n) is 2.71. The van der Waals surface area contributed by atoms with Crippen LogP contribution in [0.15, 0.2) is 42.5 Å². The summed E-state index contributed by atoms with van der Waals surface area (Å²) in [5.74, 6) is 0. The van der Waals surface area contributed by atoms with E-state index in [2.05, 4.69) is 4.72 Å². The highest BCUT2D eigenvalue weighted by molar-refractivity contribution is 7.80. The van der Waals surface area contributed by atoms with Crippen molar-refractivity contribution in [3.63, 3.8) is 0 Å². The second-order valence-corrected chi connectivity index (χ2v) is 5.19. The number of benzene rings is 2. The van der Waals surface area contributed by atoms with Crippen molar-refractivity contribution < 1.29 is 21.9 Å². The Morgan fingerprint density at radius 3 is 2.10 bits per heavy atom. The first-order chi connectivity index (χ1) is 9.77. The zero-order valence-electron chi connectivity index (χ0n) is 10.3. The van der Waals surface area contributed by atoms with E-state index in [9.17, 15) is 21.9 Å². The topological polar surface area (TPSA) is 52.2 Å². The Hall–Kier alpha value is -1.57. The first kappa shape index (κ1) is 15.8. The maximum Gasteiger partial charge on any atom is 0.416 e. The second-order valence-electron chi connectivity index (χ2n) is 4.11. The van der Waals surface area contributed by atoms with Crippen LogP contribution in [0.25, 0.3) is 11.1 Å². The minimum atomic E-state index is -4.39. The van der Waals surface area contributed by atoms with Gasteiger partial charge in [0.25, 0.3) is 0 Å². The molecule has 1 N–H and O–H groups in total. The molecule has 2 aromatic carbocycles. The molecule has 3 nitrogen and oxygen atoms in total. The van der Waals surface area contributed by atoms with Crippen molar-refractivity contribution in [2.75, 3.05) is 4.72 Å². The summed E-state index contributed by atoms with van der Waals surface area (Å²) < 4.78 is 60.6. The highest BCUT2D eigenvalue weighted by Crippen LogP contribution is 2.32. The van der Waals surface area contributed by atoms with Crippen LogP contribution in [0.1, 0.15) is 5.56 Å². The summed E-state index contributed by atoms with van der Waals surface area (Å²) in [6.45, 7) is 0. The van der Waals surface area contributed by atoms with Gasteiger partial charge in [-0.3, -0.25) is 4.21 Å². The third-order valence-corrected chi connectivity index (χ3v) is 3.41. The van der Waals surface area contributed by atoms with Crippen LogP contribution >= 0.6 is 11.6 Å². The smallest absolute Gasteiger partial charge is 0.416 e. The Balaban J connectivity index is 2.30. The molecule has 21 heavy (non-hydrogen) atoms. The predicted octanol–water partition coefficient (Wildman–Crippen LogP) is 4.23. The van der Waals surface area contributed by atoms with E-state index in [1.54, 1.807) is 6.07 Å². The van der Waals surface area contributed by atoms with Gasteiger partial charge in [-0.15, -0.1) is 0 Å². The molecule has 0 heterocycles. The van der Waals surface area contributed by atoms with Crippen LogP contribution in [-0.2, 0) is 17.4 Å². The Morgan fingerprint density at radius 2 is 1.62 bits per heavy atom. The van der Waals surface area contributed by atoms with E-state index in [0.717, 1.165) is 12.1 Å². The van der Waals surface area contributed by atoms with Gasteiger partial charge in [0, 0.05) is 11.3 Å². The lowest BCUT2D eigenvalue weighted by Gasteiger charge is -2.12. The van der Waals surface area contributed by atoms with Crippen LogP contribution in [-0.4, -0.2) is 8.76 Å². The Morgan fingerprint density at radius 1 is 1.05 bits per heavy atom. The molecule has 2 rings (SSSR count). The van der Waals surface area contributed by atoms with E-state index >= 15 is 0 Å². The summed E-state index contributed by atoms with van der Waals surface area (Å²) in [4.78, 5) is 0. The Labute approximate surface area is 126 Å². The molecule has 0 radical (unpaired) electrons. The van der Waals surface area contributed by atoms with Crippen LogP contribution < -0.4 is 4.72 Å². The molecule has 2 aromatic rings. The van der Waals surface area contributed by atoms with Gasteiger partial charge in [-0.1, -0.05) is 29.8 Å². The molecule has 0 amide bonds. The highest BCUT2D eigenvalue weighted by atomic mass is 35.5. The van der Waals surface area contributed by atoms with Gasteiger partial charge < -0.3 is 9.27 Å². The number of hydrogen-bond donors (Lipinski definition) is 1. The molecule has 0 bridgehead atoms. The number of rotatable bonds is 3. The van der Waals surface area contributed by atoms with Crippen LogP contribution in [0.2, 0.25) is 5.02 Å². The summed E-state index contributed by atoms with van der Waals surface area (Å²) in [5.41, 5.74) is 0.577. The first-order valence-corrected chi connectivity index (χ1v) is 7.06. The van der Waals surface area contributed by atoms with Crippen molar-refractivity contribution >= 4 is 28.6 Å². The van der Waals surface area contributed by atoms with Crippen molar-refractivity contribution in [3.05, 3.63) is 53.1 Å². The van der Waals surface area contributed by atoms with Crippen molar-refractivity contribution in [1.29, 1.82) is 0 Å². The van der Waals surface area contributed by atoms with Gasteiger partial charge in [0.05, 0.1) is 16.3 Å². The normalized spacial score (nSPS) is 13.0. The maximum absolute atomic E-state index is 12.5. The van der Waals surface area contributed by atoms with Gasteiger partial charge in [-0.2, -0.15) is 13.2 Å². The molecule has 0 aliphatic carbocycles. The second kappa shape index (κ2) is 6.05. The summed E-state index contributed by atoms with van der Waals surface area (Å²) in [7, 11) is 0. The molecule has 0 aliphatic heterocycles. The predicted molar refractivity (Wildman–Crippen MR) is 74.4 cm³/mol. The SMILES string of the molecule is O=S([O-])Nc1ccc(-c2ccc(C(F)(F)F)cc2)cc1Cl. The molecular weight excluding hydrogens is 327 g/mol. The molecule has 0 saturated heterocycles. The molecule has 0 aromatic heterocycles. The fourth-order valence-electron chi connectivity index (χ4n) is 1.72. The summed E-state index contributed by atoms with van der Waals surface area (Å²) in [6.07, 6.45) is -4.39. The van der Waals surface area contributed by atoms with E-state index in [1.807, 2.05) is 0 Å². The van der Waals surface area contributed by atoms with Crippen molar-refractivity contribution in [3.8, 4) is 11.1 Å². The molecule has 0 fully saturated rings. The maximum atomic E-state index is 12.5. The average Bonchev–Trinajstić information content (AvgIpc) is 2.40. The zero-order valence-corrected chi connectivity index (χ0v) is 11.9. The number of anilines is 1. The van der Waals surface area contributed by atoms with Gasteiger partial charge in [-0.25, -0.2) is 0 Å². The van der Waals surface area contributed by atoms with E-state index in [-0.39, 0.29) is 10.7 Å². The molecule has 0 saturated carbocycles. The number of hydrogen-bond acceptors (Lipinski definition) is 2. The fraction of sp³-hybridized carbons (Fsp3) is 0.0769. The van der Waals surface area contributed by atoms with E-state index < -0.39 is 23.0 Å². The number of alkyl halides is 3. The van der Waals surface area contributed by atoms with Crippen molar-refractivity contribution in [1.82, 2.24) is 0 Å². The fourth-order valence-corrected chi connectivity index (χ4v) is 2.36. The van der Waals surface area contributed by atoms with Crippen LogP contribution in [0, 0.1) is 0 Å². The average molecular weight is 335 g/mol. The van der Waals surface area contributed by atoms with Gasteiger partial charge in [0.2, 0.25) is 0 Å². The highest BCUT2D eigenvalue weighted by Gasteiger charge is 2.29. The largest absolute Gasteiger partial charge is 0.755 e. The third kappa shape index (κ3) is 3.96. The molecular formula is C13H8ClF3NO2S-. The van der Waals surface area contributed by atoms with Gasteiger partial charge in [-0.05, 0) is 35.4 Å². The minimum Gasteiger partial charge on any atom is -0.755 e. The van der Waals surface area contributed by atoms with Gasteiger partial charge in [0.15, 0.2) is 0 Å². The lowest BCUT2D eigenvalue weighted by molar-refractivity contribution is -0.137. The standard InChI is InChI=1S/C13H9ClF3NO2S/c14-11-7-9(3-6-12(11)18-21(19)20)8-1-4-10(5-2-8)13(15,16)17/h1-7,18H,(H,19,20)/p-1. The molecule has 0 aliphatic rings. The monoisotopic (exact) mass is 334 g/mol. The quantitative estimate of drug-likeness (QED) is 0.854. The van der Waals surface area contributed by atoms with E-state index in [1.165, 1.54) is 24.3 Å². The molecule has 1 atom stereocenters. The zero-order chi connectivity index (χ0) is 15.6. The minimum absolute atomic E-state index is 0.150. The Bertz CT molecular complexity index is 674. The van der Waals surface area contributed by atoms with Gasteiger partial charge in [0.1, 0.15) is 0 Å². The van der Waals surface area contributed by atoms with E-state index in [4.69, 9.17) is 11.6 Å². The molecule has 1 unspecified atom stereocenters. The summed E-state index contributed by atoms with van der Waals surface area (Å²) >= 11 is 3.41. The summed E-state index contributed by atoms with van der Waals surface area (Å²) in [5, 5.41) is 0.150. The molecule has 8 heteroatoms. The lowest BCUT2D eigenvalue weighted by atomic mass is 10.0. The van der Waals surface area contributed by atoms with Crippen LogP contribution in [0.4, 0.5) is 18.9 Å². The number of halogens is 4. The van der Waals surface area contributed by atoms with Crippen LogP contribution in [0.3, 0.4) is 0 Å². The molecule has 0 spiro atoms. The first-order valence-electron chi connectivity index (χ1n) is 5.60. The molecule has 112 valence electrons. The van der Waals surface area contributed by atoms with Crippen molar-refractivity contribution in [2.45, 2.75) is 6.18 Å². The van der Waals surface area contributed by atoms with Crippen molar-refractivity contribution in [2.24, 2.45) is 0 Å². The lowest BCUT2D eigenvalue weighted by Crippen LogP contribution is -2.04. The van der Waals surface area contributed by atoms with Crippen LogP contribution in [0.5, 0.6) is 0 Å². The van der Waals surface area contributed by atoms with Gasteiger partial charge >= 0.3 is 6.18 Å². The number of nitrogens with one attached hydrogen (secondary N) is 1.